The number of halogens is 1. The first-order valence-corrected chi connectivity index (χ1v) is 7.96. The summed E-state index contributed by atoms with van der Waals surface area (Å²) in [6, 6.07) is 6.47. The van der Waals surface area contributed by atoms with Crippen LogP contribution in [-0.4, -0.2) is 35.1 Å². The van der Waals surface area contributed by atoms with Crippen molar-refractivity contribution >= 4 is 23.6 Å². The largest absolute Gasteiger partial charge is 0.356 e. The predicted octanol–water partition coefficient (Wildman–Crippen LogP) is 2.31. The first-order chi connectivity index (χ1) is 10.0. The van der Waals surface area contributed by atoms with Crippen molar-refractivity contribution in [3.63, 3.8) is 0 Å². The van der Waals surface area contributed by atoms with E-state index in [0.29, 0.717) is 18.7 Å². The van der Waals surface area contributed by atoms with Crippen LogP contribution in [0.25, 0.3) is 0 Å². The Morgan fingerprint density at radius 3 is 2.81 bits per heavy atom. The van der Waals surface area contributed by atoms with Gasteiger partial charge in [0, 0.05) is 25.1 Å². The van der Waals surface area contributed by atoms with Crippen molar-refractivity contribution in [2.24, 2.45) is 0 Å². The summed E-state index contributed by atoms with van der Waals surface area (Å²) in [7, 11) is 0. The minimum atomic E-state index is -0.358. The molecule has 0 unspecified atom stereocenters. The zero-order valence-electron chi connectivity index (χ0n) is 12.1. The number of nitrogens with one attached hydrogen (secondary N) is 1. The molecule has 1 aliphatic rings. The summed E-state index contributed by atoms with van der Waals surface area (Å²) < 4.78 is 14.0. The van der Waals surface area contributed by atoms with E-state index in [4.69, 9.17) is 0 Å². The highest BCUT2D eigenvalue weighted by molar-refractivity contribution is 8.01. The maximum atomic E-state index is 14.0. The minimum Gasteiger partial charge on any atom is -0.356 e. The van der Waals surface area contributed by atoms with Crippen LogP contribution in [0, 0.1) is 5.82 Å². The minimum absolute atomic E-state index is 0.0439. The third kappa shape index (κ3) is 3.56. The molecule has 2 amide bonds. The van der Waals surface area contributed by atoms with Gasteiger partial charge in [0.05, 0.1) is 5.25 Å². The number of carbonyl (C=O) groups is 2. The second-order valence-electron chi connectivity index (χ2n) is 4.89. The molecule has 0 bridgehead atoms. The monoisotopic (exact) mass is 310 g/mol. The molecule has 1 heterocycles. The number of hydrogen-bond donors (Lipinski definition) is 1. The summed E-state index contributed by atoms with van der Waals surface area (Å²) in [6.07, 6.45) is 0.234. The maximum Gasteiger partial charge on any atom is 0.236 e. The van der Waals surface area contributed by atoms with E-state index in [1.54, 1.807) is 23.1 Å². The van der Waals surface area contributed by atoms with Crippen LogP contribution >= 0.6 is 11.8 Å². The Kier molecular flexibility index (Phi) is 5.22. The van der Waals surface area contributed by atoms with Crippen LogP contribution in [0.1, 0.15) is 31.2 Å². The second-order valence-corrected chi connectivity index (χ2v) is 6.31. The molecule has 1 aromatic rings. The number of thioether (sulfide) groups is 1. The molecule has 0 aliphatic carbocycles. The van der Waals surface area contributed by atoms with E-state index in [1.807, 2.05) is 13.8 Å². The molecule has 0 spiro atoms. The molecule has 21 heavy (non-hydrogen) atoms. The van der Waals surface area contributed by atoms with Crippen molar-refractivity contribution in [3.8, 4) is 0 Å². The van der Waals surface area contributed by atoms with E-state index >= 15 is 0 Å². The van der Waals surface area contributed by atoms with E-state index in [9.17, 15) is 14.0 Å². The molecule has 4 nitrogen and oxygen atoms in total. The molecule has 1 fully saturated rings. The van der Waals surface area contributed by atoms with Gasteiger partial charge in [0.2, 0.25) is 11.8 Å². The molecule has 0 radical (unpaired) electrons. The molecular formula is C15H19FN2O2S. The molecule has 1 aliphatic heterocycles. The van der Waals surface area contributed by atoms with Crippen molar-refractivity contribution in [3.05, 3.63) is 35.6 Å². The molecule has 0 saturated carbocycles. The van der Waals surface area contributed by atoms with Crippen molar-refractivity contribution in [1.29, 1.82) is 0 Å². The Balaban J connectivity index is 2.14. The van der Waals surface area contributed by atoms with Crippen LogP contribution in [0.2, 0.25) is 0 Å². The molecule has 1 aromatic carbocycles. The van der Waals surface area contributed by atoms with E-state index in [-0.39, 0.29) is 34.7 Å². The SMILES string of the molecule is CCNC(=O)CCN1C(=O)[C@H](C)S[C@@H]1c1ccccc1F. The summed E-state index contributed by atoms with van der Waals surface area (Å²) >= 11 is 1.42. The fourth-order valence-electron chi connectivity index (χ4n) is 2.33. The van der Waals surface area contributed by atoms with Crippen LogP contribution in [0.3, 0.4) is 0 Å². The summed E-state index contributed by atoms with van der Waals surface area (Å²) in [5.41, 5.74) is 0.496. The summed E-state index contributed by atoms with van der Waals surface area (Å²) in [5, 5.41) is 2.13. The van der Waals surface area contributed by atoms with Crippen LogP contribution in [0.5, 0.6) is 0 Å². The number of amides is 2. The normalized spacial score (nSPS) is 21.7. The summed E-state index contributed by atoms with van der Waals surface area (Å²) in [6.45, 7) is 4.53. The molecule has 1 saturated heterocycles. The molecule has 6 heteroatoms. The van der Waals surface area contributed by atoms with E-state index in [1.165, 1.54) is 17.8 Å². The maximum absolute atomic E-state index is 14.0. The van der Waals surface area contributed by atoms with Gasteiger partial charge in [0.1, 0.15) is 11.2 Å². The smallest absolute Gasteiger partial charge is 0.236 e. The second kappa shape index (κ2) is 6.93. The highest BCUT2D eigenvalue weighted by Crippen LogP contribution is 2.43. The average molecular weight is 310 g/mol. The lowest BCUT2D eigenvalue weighted by Gasteiger charge is -2.24. The van der Waals surface area contributed by atoms with Gasteiger partial charge in [0.15, 0.2) is 0 Å². The van der Waals surface area contributed by atoms with Gasteiger partial charge in [-0.25, -0.2) is 4.39 Å². The zero-order valence-corrected chi connectivity index (χ0v) is 13.0. The van der Waals surface area contributed by atoms with Gasteiger partial charge in [-0.15, -0.1) is 11.8 Å². The molecule has 2 atom stereocenters. The molecule has 1 N–H and O–H groups in total. The molecular weight excluding hydrogens is 291 g/mol. The lowest BCUT2D eigenvalue weighted by atomic mass is 10.2. The standard InChI is InChI=1S/C15H19FN2O2S/c1-3-17-13(19)8-9-18-14(20)10(2)21-15(18)11-6-4-5-7-12(11)16/h4-7,10,15H,3,8-9H2,1-2H3,(H,17,19)/t10-,15+/m0/s1. The molecule has 2 rings (SSSR count). The lowest BCUT2D eigenvalue weighted by molar-refractivity contribution is -0.130. The number of rotatable bonds is 5. The Morgan fingerprint density at radius 1 is 1.43 bits per heavy atom. The first kappa shape index (κ1) is 15.8. The van der Waals surface area contributed by atoms with Crippen molar-refractivity contribution in [2.75, 3.05) is 13.1 Å². The molecule has 114 valence electrons. The highest BCUT2D eigenvalue weighted by Gasteiger charge is 2.39. The van der Waals surface area contributed by atoms with Crippen molar-refractivity contribution in [1.82, 2.24) is 10.2 Å². The number of carbonyl (C=O) groups excluding carboxylic acids is 2. The number of hydrogen-bond acceptors (Lipinski definition) is 3. The molecule has 0 aromatic heterocycles. The topological polar surface area (TPSA) is 49.4 Å². The van der Waals surface area contributed by atoms with E-state index in [0.717, 1.165) is 0 Å². The first-order valence-electron chi connectivity index (χ1n) is 7.01. The number of nitrogens with zero attached hydrogens (tertiary/aromatic N) is 1. The van der Waals surface area contributed by atoms with Gasteiger partial charge >= 0.3 is 0 Å². The zero-order chi connectivity index (χ0) is 15.4. The lowest BCUT2D eigenvalue weighted by Crippen LogP contribution is -2.34. The van der Waals surface area contributed by atoms with Crippen LogP contribution in [-0.2, 0) is 9.59 Å². The van der Waals surface area contributed by atoms with Gasteiger partial charge in [-0.3, -0.25) is 9.59 Å². The Bertz CT molecular complexity index is 538. The van der Waals surface area contributed by atoms with Gasteiger partial charge in [-0.1, -0.05) is 18.2 Å². The Morgan fingerprint density at radius 2 is 2.14 bits per heavy atom. The average Bonchev–Trinajstić information content (AvgIpc) is 2.73. The van der Waals surface area contributed by atoms with Crippen LogP contribution in [0.4, 0.5) is 4.39 Å². The van der Waals surface area contributed by atoms with E-state index in [2.05, 4.69) is 5.32 Å². The van der Waals surface area contributed by atoms with Crippen LogP contribution < -0.4 is 5.32 Å². The fourth-order valence-corrected chi connectivity index (χ4v) is 3.66. The van der Waals surface area contributed by atoms with Gasteiger partial charge in [-0.05, 0) is 19.9 Å². The van der Waals surface area contributed by atoms with Crippen LogP contribution in [0.15, 0.2) is 24.3 Å². The Hall–Kier alpha value is -1.56. The third-order valence-corrected chi connectivity index (χ3v) is 4.75. The quantitative estimate of drug-likeness (QED) is 0.908. The van der Waals surface area contributed by atoms with Crippen molar-refractivity contribution in [2.45, 2.75) is 30.9 Å². The summed E-state index contributed by atoms with van der Waals surface area (Å²) in [4.78, 5) is 25.4. The van der Waals surface area contributed by atoms with Gasteiger partial charge in [-0.2, -0.15) is 0 Å². The fraction of sp³-hybridized carbons (Fsp3) is 0.467. The van der Waals surface area contributed by atoms with Gasteiger partial charge < -0.3 is 10.2 Å². The Labute approximate surface area is 128 Å². The predicted molar refractivity (Wildman–Crippen MR) is 81.2 cm³/mol. The van der Waals surface area contributed by atoms with Gasteiger partial charge in [0.25, 0.3) is 0 Å². The highest BCUT2D eigenvalue weighted by atomic mass is 32.2. The summed E-state index contributed by atoms with van der Waals surface area (Å²) in [5.74, 6) is -0.459. The van der Waals surface area contributed by atoms with Crippen molar-refractivity contribution < 1.29 is 14.0 Å². The number of benzene rings is 1. The third-order valence-electron chi connectivity index (χ3n) is 3.37. The van der Waals surface area contributed by atoms with E-state index < -0.39 is 0 Å².